The smallest absolute Gasteiger partial charge is 0.231 e. The summed E-state index contributed by atoms with van der Waals surface area (Å²) in [6.07, 6.45) is 1.61. The zero-order valence-corrected chi connectivity index (χ0v) is 19.0. The summed E-state index contributed by atoms with van der Waals surface area (Å²) in [5.41, 5.74) is 1.63. The van der Waals surface area contributed by atoms with Gasteiger partial charge in [0.1, 0.15) is 11.5 Å². The third-order valence-electron chi connectivity index (χ3n) is 4.90. The normalized spacial score (nSPS) is 13.5. The molecule has 0 fully saturated rings. The summed E-state index contributed by atoms with van der Waals surface area (Å²) in [6, 6.07) is 17.3. The zero-order chi connectivity index (χ0) is 22.7. The Labute approximate surface area is 193 Å². The number of halogens is 1. The number of para-hydroxylation sites is 1. The Morgan fingerprint density at radius 3 is 2.53 bits per heavy atom. The highest BCUT2D eigenvalue weighted by atomic mass is 79.9. The van der Waals surface area contributed by atoms with Crippen LogP contribution in [0.2, 0.25) is 0 Å². The second-order valence-corrected chi connectivity index (χ2v) is 7.81. The standard InChI is InChI=1S/C25H19BrO6/c1-29-21-5-3-4-16(25(21)30-2)12-23-24(28)19-11-10-18(13-22(19)32-23)31-14-20(27)15-6-8-17(26)9-7-15/h3-13H,14H2,1-2H3. The number of benzene rings is 3. The van der Waals surface area contributed by atoms with Crippen LogP contribution in [0, 0.1) is 0 Å². The molecule has 7 heteroatoms. The molecule has 3 aromatic carbocycles. The number of hydrogen-bond acceptors (Lipinski definition) is 6. The largest absolute Gasteiger partial charge is 0.493 e. The molecule has 32 heavy (non-hydrogen) atoms. The molecule has 4 rings (SSSR count). The van der Waals surface area contributed by atoms with E-state index in [0.29, 0.717) is 39.7 Å². The van der Waals surface area contributed by atoms with E-state index >= 15 is 0 Å². The van der Waals surface area contributed by atoms with E-state index in [9.17, 15) is 9.59 Å². The van der Waals surface area contributed by atoms with Gasteiger partial charge < -0.3 is 18.9 Å². The molecule has 1 aliphatic rings. The van der Waals surface area contributed by atoms with Gasteiger partial charge in [0.2, 0.25) is 5.78 Å². The Morgan fingerprint density at radius 2 is 1.81 bits per heavy atom. The maximum absolute atomic E-state index is 12.8. The van der Waals surface area contributed by atoms with Gasteiger partial charge in [-0.25, -0.2) is 0 Å². The number of ether oxygens (including phenoxy) is 4. The highest BCUT2D eigenvalue weighted by Crippen LogP contribution is 2.37. The van der Waals surface area contributed by atoms with Crippen LogP contribution in [0.3, 0.4) is 0 Å². The number of allylic oxidation sites excluding steroid dienone is 1. The highest BCUT2D eigenvalue weighted by Gasteiger charge is 2.28. The molecule has 0 saturated heterocycles. The van der Waals surface area contributed by atoms with Crippen molar-refractivity contribution in [1.29, 1.82) is 0 Å². The van der Waals surface area contributed by atoms with Crippen LogP contribution in [0.25, 0.3) is 6.08 Å². The van der Waals surface area contributed by atoms with Crippen LogP contribution >= 0.6 is 15.9 Å². The molecule has 0 aromatic heterocycles. The van der Waals surface area contributed by atoms with Crippen molar-refractivity contribution in [2.45, 2.75) is 0 Å². The molecular formula is C25H19BrO6. The molecule has 0 unspecified atom stereocenters. The predicted molar refractivity (Wildman–Crippen MR) is 123 cm³/mol. The van der Waals surface area contributed by atoms with Crippen molar-refractivity contribution >= 4 is 33.6 Å². The number of carbonyl (C=O) groups is 2. The van der Waals surface area contributed by atoms with E-state index in [2.05, 4.69) is 15.9 Å². The Bertz CT molecular complexity index is 1210. The number of hydrogen-bond donors (Lipinski definition) is 0. The minimum absolute atomic E-state index is 0.127. The summed E-state index contributed by atoms with van der Waals surface area (Å²) in [4.78, 5) is 25.1. The first-order valence-electron chi connectivity index (χ1n) is 9.71. The number of carbonyl (C=O) groups excluding carboxylic acids is 2. The second-order valence-electron chi connectivity index (χ2n) is 6.90. The number of Topliss-reactive ketones (excluding diaryl/α,β-unsaturated/α-hetero) is 2. The Morgan fingerprint density at radius 1 is 1.03 bits per heavy atom. The minimum Gasteiger partial charge on any atom is -0.493 e. The fourth-order valence-corrected chi connectivity index (χ4v) is 3.56. The van der Waals surface area contributed by atoms with Gasteiger partial charge in [-0.3, -0.25) is 9.59 Å². The number of fused-ring (bicyclic) bond motifs is 1. The van der Waals surface area contributed by atoms with Crippen LogP contribution in [0.15, 0.2) is 70.9 Å². The topological polar surface area (TPSA) is 71.1 Å². The van der Waals surface area contributed by atoms with Crippen LogP contribution < -0.4 is 18.9 Å². The van der Waals surface area contributed by atoms with Crippen molar-refractivity contribution in [3.63, 3.8) is 0 Å². The van der Waals surface area contributed by atoms with Gasteiger partial charge in [0, 0.05) is 21.7 Å². The van der Waals surface area contributed by atoms with Crippen LogP contribution in [-0.4, -0.2) is 32.4 Å². The Hall–Kier alpha value is -3.58. The molecule has 0 atom stereocenters. The van der Waals surface area contributed by atoms with Crippen molar-refractivity contribution in [1.82, 2.24) is 0 Å². The fourth-order valence-electron chi connectivity index (χ4n) is 3.29. The highest BCUT2D eigenvalue weighted by molar-refractivity contribution is 9.10. The van der Waals surface area contributed by atoms with Crippen LogP contribution in [0.1, 0.15) is 26.3 Å². The van der Waals surface area contributed by atoms with E-state index in [1.807, 2.05) is 0 Å². The zero-order valence-electron chi connectivity index (χ0n) is 17.4. The average molecular weight is 495 g/mol. The SMILES string of the molecule is COc1cccc(C=C2Oc3cc(OCC(=O)c4ccc(Br)cc4)ccc3C2=O)c1OC. The Kier molecular flexibility index (Phi) is 6.28. The molecule has 0 N–H and O–H groups in total. The van der Waals surface area contributed by atoms with E-state index in [-0.39, 0.29) is 23.9 Å². The van der Waals surface area contributed by atoms with Crippen LogP contribution in [0.5, 0.6) is 23.0 Å². The summed E-state index contributed by atoms with van der Waals surface area (Å²) < 4.78 is 23.0. The molecule has 6 nitrogen and oxygen atoms in total. The first-order valence-corrected chi connectivity index (χ1v) is 10.5. The van der Waals surface area contributed by atoms with E-state index in [4.69, 9.17) is 18.9 Å². The summed E-state index contributed by atoms with van der Waals surface area (Å²) in [5.74, 6) is 1.62. The minimum atomic E-state index is -0.248. The molecule has 0 saturated carbocycles. The maximum Gasteiger partial charge on any atom is 0.231 e. The molecule has 0 aliphatic carbocycles. The first-order chi connectivity index (χ1) is 15.5. The lowest BCUT2D eigenvalue weighted by Gasteiger charge is -2.10. The molecule has 0 amide bonds. The predicted octanol–water partition coefficient (Wildman–Crippen LogP) is 5.34. The average Bonchev–Trinajstić information content (AvgIpc) is 3.12. The van der Waals surface area contributed by atoms with E-state index < -0.39 is 0 Å². The lowest BCUT2D eigenvalue weighted by molar-refractivity contribution is 0.0921. The van der Waals surface area contributed by atoms with Crippen molar-refractivity contribution in [3.05, 3.63) is 87.6 Å². The number of methoxy groups -OCH3 is 2. The quantitative estimate of drug-likeness (QED) is 0.326. The second kappa shape index (κ2) is 9.28. The van der Waals surface area contributed by atoms with Gasteiger partial charge in [-0.15, -0.1) is 0 Å². The Balaban J connectivity index is 1.51. The van der Waals surface area contributed by atoms with E-state index in [1.54, 1.807) is 73.8 Å². The third kappa shape index (κ3) is 4.38. The molecule has 1 aliphatic heterocycles. The van der Waals surface area contributed by atoms with Crippen LogP contribution in [-0.2, 0) is 0 Å². The monoisotopic (exact) mass is 494 g/mol. The van der Waals surface area contributed by atoms with E-state index in [1.165, 1.54) is 7.11 Å². The molecule has 3 aromatic rings. The van der Waals surface area contributed by atoms with E-state index in [0.717, 1.165) is 4.47 Å². The summed E-state index contributed by atoms with van der Waals surface area (Å²) >= 11 is 3.34. The molecule has 0 spiro atoms. The van der Waals surface area contributed by atoms with Gasteiger partial charge in [0.15, 0.2) is 29.6 Å². The lowest BCUT2D eigenvalue weighted by Crippen LogP contribution is -2.11. The summed E-state index contributed by atoms with van der Waals surface area (Å²) in [7, 11) is 3.08. The van der Waals surface area contributed by atoms with Crippen molar-refractivity contribution in [2.24, 2.45) is 0 Å². The maximum atomic E-state index is 12.8. The molecule has 162 valence electrons. The van der Waals surface area contributed by atoms with Gasteiger partial charge in [0.05, 0.1) is 19.8 Å². The fraction of sp³-hybridized carbons (Fsp3) is 0.120. The first kappa shape index (κ1) is 21.6. The van der Waals surface area contributed by atoms with Gasteiger partial charge in [-0.05, 0) is 36.4 Å². The number of rotatable bonds is 7. The molecule has 1 heterocycles. The van der Waals surface area contributed by atoms with Gasteiger partial charge in [-0.1, -0.05) is 40.2 Å². The molecule has 0 radical (unpaired) electrons. The third-order valence-corrected chi connectivity index (χ3v) is 5.43. The lowest BCUT2D eigenvalue weighted by atomic mass is 10.1. The van der Waals surface area contributed by atoms with Crippen LogP contribution in [0.4, 0.5) is 0 Å². The van der Waals surface area contributed by atoms with Crippen molar-refractivity contribution < 1.29 is 28.5 Å². The summed E-state index contributed by atoms with van der Waals surface area (Å²) in [6.45, 7) is -0.127. The van der Waals surface area contributed by atoms with Gasteiger partial charge in [0.25, 0.3) is 0 Å². The molecule has 0 bridgehead atoms. The summed E-state index contributed by atoms with van der Waals surface area (Å²) in [5, 5.41) is 0. The van der Waals surface area contributed by atoms with Crippen molar-refractivity contribution in [2.75, 3.05) is 20.8 Å². The molecular weight excluding hydrogens is 476 g/mol. The van der Waals surface area contributed by atoms with Gasteiger partial charge >= 0.3 is 0 Å². The van der Waals surface area contributed by atoms with Crippen molar-refractivity contribution in [3.8, 4) is 23.0 Å². The number of ketones is 2. The van der Waals surface area contributed by atoms with Gasteiger partial charge in [-0.2, -0.15) is 0 Å².